The Labute approximate surface area is 175 Å². The maximum Gasteiger partial charge on any atom is 0.232 e. The number of aryl methyl sites for hydroxylation is 1. The van der Waals surface area contributed by atoms with Crippen molar-refractivity contribution in [1.82, 2.24) is 4.98 Å². The molecule has 0 aliphatic carbocycles. The number of hydrogen-bond donors (Lipinski definition) is 1. The standard InChI is InChI=1S/C23H23ClN2O3/c1-16-4-2-5-18(12-16)28-19-7-8-22(17(13-19)15-27)26-11-9-20(14-26)29-23-21(24)6-3-10-25-23/h2-8,10,12-13,20,27H,9,11,14-15H2,1H3. The highest BCUT2D eigenvalue weighted by atomic mass is 35.5. The number of ether oxygens (including phenoxy) is 2. The van der Waals surface area contributed by atoms with Crippen molar-refractivity contribution in [2.24, 2.45) is 0 Å². The predicted octanol–water partition coefficient (Wildman–Crippen LogP) is 4.99. The smallest absolute Gasteiger partial charge is 0.232 e. The normalized spacial score (nSPS) is 16.1. The molecule has 6 heteroatoms. The van der Waals surface area contributed by atoms with E-state index in [9.17, 15) is 5.11 Å². The molecule has 0 radical (unpaired) electrons. The summed E-state index contributed by atoms with van der Waals surface area (Å²) in [6.07, 6.45) is 2.53. The number of nitrogens with zero attached hydrogens (tertiary/aromatic N) is 2. The molecule has 1 unspecified atom stereocenters. The third-order valence-electron chi connectivity index (χ3n) is 4.94. The summed E-state index contributed by atoms with van der Waals surface area (Å²) in [6, 6.07) is 17.3. The molecular formula is C23H23ClN2O3. The topological polar surface area (TPSA) is 54.8 Å². The molecule has 0 amide bonds. The first-order valence-electron chi connectivity index (χ1n) is 9.63. The van der Waals surface area contributed by atoms with Crippen LogP contribution in [0, 0.1) is 6.92 Å². The number of anilines is 1. The molecule has 29 heavy (non-hydrogen) atoms. The van der Waals surface area contributed by atoms with Crippen molar-refractivity contribution >= 4 is 17.3 Å². The summed E-state index contributed by atoms with van der Waals surface area (Å²) in [5.41, 5.74) is 2.95. The van der Waals surface area contributed by atoms with Crippen molar-refractivity contribution in [3.63, 3.8) is 0 Å². The van der Waals surface area contributed by atoms with Gasteiger partial charge in [0, 0.05) is 30.4 Å². The van der Waals surface area contributed by atoms with E-state index in [-0.39, 0.29) is 12.7 Å². The molecule has 0 bridgehead atoms. The fourth-order valence-corrected chi connectivity index (χ4v) is 3.70. The fourth-order valence-electron chi connectivity index (χ4n) is 3.53. The first-order valence-corrected chi connectivity index (χ1v) is 10.0. The summed E-state index contributed by atoms with van der Waals surface area (Å²) in [6.45, 7) is 3.51. The number of rotatable bonds is 6. The molecule has 1 aliphatic rings. The second-order valence-corrected chi connectivity index (χ2v) is 7.54. The Morgan fingerprint density at radius 3 is 2.79 bits per heavy atom. The Kier molecular flexibility index (Phi) is 5.88. The molecule has 1 N–H and O–H groups in total. The average molecular weight is 411 g/mol. The van der Waals surface area contributed by atoms with E-state index in [1.165, 1.54) is 0 Å². The number of aliphatic hydroxyl groups is 1. The van der Waals surface area contributed by atoms with Gasteiger partial charge in [0.2, 0.25) is 5.88 Å². The summed E-state index contributed by atoms with van der Waals surface area (Å²) in [7, 11) is 0. The highest BCUT2D eigenvalue weighted by Gasteiger charge is 2.26. The van der Waals surface area contributed by atoms with E-state index in [1.807, 2.05) is 49.4 Å². The summed E-state index contributed by atoms with van der Waals surface area (Å²) in [5.74, 6) is 1.95. The molecule has 1 fully saturated rings. The van der Waals surface area contributed by atoms with Crippen LogP contribution in [-0.2, 0) is 6.61 Å². The number of halogens is 1. The molecule has 1 atom stereocenters. The predicted molar refractivity (Wildman–Crippen MR) is 114 cm³/mol. The van der Waals surface area contributed by atoms with Crippen LogP contribution < -0.4 is 14.4 Å². The maximum atomic E-state index is 9.91. The minimum atomic E-state index is -0.0611. The number of pyridine rings is 1. The van der Waals surface area contributed by atoms with Gasteiger partial charge in [-0.2, -0.15) is 0 Å². The van der Waals surface area contributed by atoms with E-state index in [0.29, 0.717) is 23.2 Å². The summed E-state index contributed by atoms with van der Waals surface area (Å²) < 4.78 is 11.9. The van der Waals surface area contributed by atoms with Crippen LogP contribution in [0.25, 0.3) is 0 Å². The molecule has 3 aromatic rings. The first kappa shape index (κ1) is 19.6. The summed E-state index contributed by atoms with van der Waals surface area (Å²) in [4.78, 5) is 6.41. The van der Waals surface area contributed by atoms with Crippen molar-refractivity contribution in [3.05, 3.63) is 76.9 Å². The van der Waals surface area contributed by atoms with Gasteiger partial charge in [-0.15, -0.1) is 0 Å². The number of benzene rings is 2. The minimum absolute atomic E-state index is 0.00263. The third-order valence-corrected chi connectivity index (χ3v) is 5.22. The second-order valence-electron chi connectivity index (χ2n) is 7.13. The molecule has 4 rings (SSSR count). The van der Waals surface area contributed by atoms with Crippen LogP contribution in [0.5, 0.6) is 17.4 Å². The van der Waals surface area contributed by atoms with Crippen LogP contribution in [-0.4, -0.2) is 29.3 Å². The zero-order chi connectivity index (χ0) is 20.2. The van der Waals surface area contributed by atoms with Crippen molar-refractivity contribution in [2.45, 2.75) is 26.1 Å². The third kappa shape index (κ3) is 4.63. The van der Waals surface area contributed by atoms with Gasteiger partial charge >= 0.3 is 0 Å². The zero-order valence-corrected chi connectivity index (χ0v) is 17.0. The van der Waals surface area contributed by atoms with Crippen LogP contribution in [0.4, 0.5) is 5.69 Å². The molecular weight excluding hydrogens is 388 g/mol. The molecule has 2 aromatic carbocycles. The largest absolute Gasteiger partial charge is 0.471 e. The molecule has 150 valence electrons. The van der Waals surface area contributed by atoms with E-state index in [2.05, 4.69) is 9.88 Å². The molecule has 1 aromatic heterocycles. The Bertz CT molecular complexity index is 995. The molecule has 5 nitrogen and oxygen atoms in total. The SMILES string of the molecule is Cc1cccc(Oc2ccc(N3CCC(Oc4ncccc4Cl)C3)c(CO)c2)c1. The van der Waals surface area contributed by atoms with E-state index in [1.54, 1.807) is 18.3 Å². The van der Waals surface area contributed by atoms with Gasteiger partial charge in [-0.25, -0.2) is 4.98 Å². The summed E-state index contributed by atoms with van der Waals surface area (Å²) >= 11 is 6.15. The highest BCUT2D eigenvalue weighted by molar-refractivity contribution is 6.31. The average Bonchev–Trinajstić information content (AvgIpc) is 3.18. The van der Waals surface area contributed by atoms with Gasteiger partial charge in [0.15, 0.2) is 0 Å². The Morgan fingerprint density at radius 2 is 2.00 bits per heavy atom. The highest BCUT2D eigenvalue weighted by Crippen LogP contribution is 2.32. The van der Waals surface area contributed by atoms with Gasteiger partial charge in [-0.05, 0) is 55.0 Å². The summed E-state index contributed by atoms with van der Waals surface area (Å²) in [5, 5.41) is 10.4. The van der Waals surface area contributed by atoms with Crippen LogP contribution in [0.1, 0.15) is 17.5 Å². The maximum absolute atomic E-state index is 9.91. The van der Waals surface area contributed by atoms with Gasteiger partial charge in [-0.1, -0.05) is 23.7 Å². The van der Waals surface area contributed by atoms with E-state index < -0.39 is 0 Å². The molecule has 1 aliphatic heterocycles. The van der Waals surface area contributed by atoms with Crippen molar-refractivity contribution in [2.75, 3.05) is 18.0 Å². The number of aromatic nitrogens is 1. The van der Waals surface area contributed by atoms with Crippen LogP contribution in [0.15, 0.2) is 60.8 Å². The zero-order valence-electron chi connectivity index (χ0n) is 16.2. The molecule has 2 heterocycles. The van der Waals surface area contributed by atoms with E-state index in [4.69, 9.17) is 21.1 Å². The number of aliphatic hydroxyl groups excluding tert-OH is 1. The van der Waals surface area contributed by atoms with Crippen molar-refractivity contribution in [3.8, 4) is 17.4 Å². The quantitative estimate of drug-likeness (QED) is 0.620. The Hall–Kier alpha value is -2.76. The lowest BCUT2D eigenvalue weighted by atomic mass is 10.1. The van der Waals surface area contributed by atoms with Crippen LogP contribution in [0.3, 0.4) is 0 Å². The fraction of sp³-hybridized carbons (Fsp3) is 0.261. The van der Waals surface area contributed by atoms with Crippen molar-refractivity contribution < 1.29 is 14.6 Å². The Balaban J connectivity index is 1.46. The monoisotopic (exact) mass is 410 g/mol. The van der Waals surface area contributed by atoms with Crippen LogP contribution in [0.2, 0.25) is 5.02 Å². The van der Waals surface area contributed by atoms with Crippen molar-refractivity contribution in [1.29, 1.82) is 0 Å². The van der Waals surface area contributed by atoms with Crippen LogP contribution >= 0.6 is 11.6 Å². The molecule has 0 saturated carbocycles. The second kappa shape index (κ2) is 8.72. The number of hydrogen-bond acceptors (Lipinski definition) is 5. The van der Waals surface area contributed by atoms with E-state index >= 15 is 0 Å². The van der Waals surface area contributed by atoms with E-state index in [0.717, 1.165) is 35.5 Å². The molecule has 1 saturated heterocycles. The Morgan fingerprint density at radius 1 is 1.14 bits per heavy atom. The lowest BCUT2D eigenvalue weighted by Gasteiger charge is -2.22. The molecule has 0 spiro atoms. The lowest BCUT2D eigenvalue weighted by molar-refractivity contribution is 0.216. The van der Waals surface area contributed by atoms with Gasteiger partial charge in [0.1, 0.15) is 22.6 Å². The lowest BCUT2D eigenvalue weighted by Crippen LogP contribution is -2.25. The van der Waals surface area contributed by atoms with Gasteiger partial charge in [-0.3, -0.25) is 0 Å². The van der Waals surface area contributed by atoms with Gasteiger partial charge in [0.05, 0.1) is 13.2 Å². The van der Waals surface area contributed by atoms with Gasteiger partial charge < -0.3 is 19.5 Å². The first-order chi connectivity index (χ1) is 14.1. The minimum Gasteiger partial charge on any atom is -0.471 e. The van der Waals surface area contributed by atoms with Gasteiger partial charge in [0.25, 0.3) is 0 Å².